The van der Waals surface area contributed by atoms with Gasteiger partial charge in [-0.1, -0.05) is 0 Å². The topological polar surface area (TPSA) is 54.8 Å². The molecule has 0 aliphatic carbocycles. The van der Waals surface area contributed by atoms with Gasteiger partial charge in [0, 0.05) is 20.3 Å². The Hall–Kier alpha value is -1.43. The third-order valence-electron chi connectivity index (χ3n) is 1.76. The van der Waals surface area contributed by atoms with E-state index < -0.39 is 5.97 Å². The first-order valence-electron chi connectivity index (χ1n) is 5.08. The van der Waals surface area contributed by atoms with Crippen molar-refractivity contribution in [3.05, 3.63) is 22.4 Å². The van der Waals surface area contributed by atoms with Gasteiger partial charge in [0.1, 0.15) is 4.60 Å². The van der Waals surface area contributed by atoms with Crippen LogP contribution in [0, 0.1) is 0 Å². The molecular formula is C11H14BrN3O2. The minimum atomic E-state index is -0.395. The molecule has 0 aliphatic heterocycles. The van der Waals surface area contributed by atoms with Crippen molar-refractivity contribution in [3.63, 3.8) is 0 Å². The van der Waals surface area contributed by atoms with Gasteiger partial charge in [0.05, 0.1) is 24.2 Å². The smallest absolute Gasteiger partial charge is 0.339 e. The van der Waals surface area contributed by atoms with Gasteiger partial charge >= 0.3 is 5.97 Å². The lowest BCUT2D eigenvalue weighted by atomic mass is 10.3. The van der Waals surface area contributed by atoms with E-state index in [1.165, 1.54) is 6.20 Å². The summed E-state index contributed by atoms with van der Waals surface area (Å²) in [5, 5.41) is 0. The van der Waals surface area contributed by atoms with Crippen molar-refractivity contribution in [3.8, 4) is 0 Å². The molecular weight excluding hydrogens is 286 g/mol. The number of aliphatic imine (C=N–C) groups is 1. The van der Waals surface area contributed by atoms with E-state index in [0.717, 1.165) is 0 Å². The van der Waals surface area contributed by atoms with Gasteiger partial charge in [0.15, 0.2) is 0 Å². The average molecular weight is 300 g/mol. The van der Waals surface area contributed by atoms with E-state index in [1.54, 1.807) is 24.2 Å². The average Bonchev–Trinajstić information content (AvgIpc) is 2.28. The Labute approximate surface area is 109 Å². The van der Waals surface area contributed by atoms with Crippen molar-refractivity contribution < 1.29 is 9.53 Å². The van der Waals surface area contributed by atoms with E-state index in [0.29, 0.717) is 22.5 Å². The number of carbonyl (C=O) groups excluding carboxylic acids is 1. The van der Waals surface area contributed by atoms with E-state index >= 15 is 0 Å². The fourth-order valence-electron chi connectivity index (χ4n) is 1.03. The van der Waals surface area contributed by atoms with Crippen molar-refractivity contribution >= 4 is 33.9 Å². The normalized spacial score (nSPS) is 10.6. The predicted octanol–water partition coefficient (Wildman–Crippen LogP) is 2.24. The number of aromatic nitrogens is 1. The molecule has 1 heterocycles. The number of halogens is 1. The van der Waals surface area contributed by atoms with Crippen LogP contribution in [0.4, 0.5) is 5.69 Å². The zero-order valence-corrected chi connectivity index (χ0v) is 11.6. The Bertz CT molecular complexity index is 433. The van der Waals surface area contributed by atoms with Crippen molar-refractivity contribution in [2.75, 3.05) is 20.7 Å². The molecule has 0 aliphatic rings. The van der Waals surface area contributed by atoms with Crippen LogP contribution < -0.4 is 0 Å². The van der Waals surface area contributed by atoms with E-state index in [4.69, 9.17) is 4.74 Å². The number of ether oxygens (including phenoxy) is 1. The molecule has 0 spiro atoms. The zero-order chi connectivity index (χ0) is 12.8. The number of carbonyl (C=O) groups is 1. The lowest BCUT2D eigenvalue weighted by Crippen LogP contribution is -2.07. The Morgan fingerprint density at radius 2 is 2.35 bits per heavy atom. The summed E-state index contributed by atoms with van der Waals surface area (Å²) in [4.78, 5) is 21.5. The summed E-state index contributed by atoms with van der Waals surface area (Å²) in [7, 11) is 3.72. The summed E-state index contributed by atoms with van der Waals surface area (Å²) in [5.74, 6) is -0.395. The molecule has 0 aromatic carbocycles. The Morgan fingerprint density at radius 1 is 1.65 bits per heavy atom. The molecule has 6 heteroatoms. The summed E-state index contributed by atoms with van der Waals surface area (Å²) in [5.41, 5.74) is 0.977. The first kappa shape index (κ1) is 13.6. The van der Waals surface area contributed by atoms with Gasteiger partial charge < -0.3 is 9.64 Å². The minimum Gasteiger partial charge on any atom is -0.462 e. The van der Waals surface area contributed by atoms with E-state index in [2.05, 4.69) is 25.9 Å². The van der Waals surface area contributed by atoms with Crippen molar-refractivity contribution in [2.45, 2.75) is 6.92 Å². The molecule has 92 valence electrons. The lowest BCUT2D eigenvalue weighted by Gasteiger charge is -2.05. The van der Waals surface area contributed by atoms with Crippen LogP contribution in [0.15, 0.2) is 21.9 Å². The molecule has 0 saturated carbocycles. The number of pyridine rings is 1. The van der Waals surface area contributed by atoms with Crippen LogP contribution in [-0.2, 0) is 4.74 Å². The molecule has 1 aromatic rings. The minimum absolute atomic E-state index is 0.338. The maximum Gasteiger partial charge on any atom is 0.339 e. The Balaban J connectivity index is 2.98. The first-order chi connectivity index (χ1) is 8.04. The van der Waals surface area contributed by atoms with Gasteiger partial charge in [0.25, 0.3) is 0 Å². The molecule has 0 N–H and O–H groups in total. The van der Waals surface area contributed by atoms with Gasteiger partial charge in [0.2, 0.25) is 0 Å². The van der Waals surface area contributed by atoms with Gasteiger partial charge in [-0.2, -0.15) is 0 Å². The molecule has 1 rings (SSSR count). The second-order valence-electron chi connectivity index (χ2n) is 3.46. The van der Waals surface area contributed by atoms with Crippen molar-refractivity contribution in [1.29, 1.82) is 0 Å². The first-order valence-corrected chi connectivity index (χ1v) is 5.87. The highest BCUT2D eigenvalue weighted by Gasteiger charge is 2.09. The predicted molar refractivity (Wildman–Crippen MR) is 69.7 cm³/mol. The molecule has 0 bridgehead atoms. The Kier molecular flexibility index (Phi) is 5.09. The summed E-state index contributed by atoms with van der Waals surface area (Å²) in [6.07, 6.45) is 3.09. The fraction of sp³-hybridized carbons (Fsp3) is 0.364. The highest BCUT2D eigenvalue weighted by atomic mass is 79.9. The molecule has 0 fully saturated rings. The standard InChI is InChI=1S/C11H14BrN3O2/c1-4-17-11(16)8-5-9(10(12)13-6-8)14-7-15(2)3/h5-7H,4H2,1-3H3. The summed E-state index contributed by atoms with van der Waals surface area (Å²) < 4.78 is 5.48. The maximum absolute atomic E-state index is 11.5. The van der Waals surface area contributed by atoms with Crippen molar-refractivity contribution in [1.82, 2.24) is 9.88 Å². The molecule has 17 heavy (non-hydrogen) atoms. The van der Waals surface area contributed by atoms with Crippen LogP contribution in [0.25, 0.3) is 0 Å². The van der Waals surface area contributed by atoms with Gasteiger partial charge in [-0.3, -0.25) is 0 Å². The molecule has 1 aromatic heterocycles. The lowest BCUT2D eigenvalue weighted by molar-refractivity contribution is 0.0526. The molecule has 0 atom stereocenters. The monoisotopic (exact) mass is 299 g/mol. The summed E-state index contributed by atoms with van der Waals surface area (Å²) in [6, 6.07) is 1.63. The van der Waals surface area contributed by atoms with E-state index in [-0.39, 0.29) is 0 Å². The van der Waals surface area contributed by atoms with Crippen LogP contribution >= 0.6 is 15.9 Å². The Morgan fingerprint density at radius 3 is 2.94 bits per heavy atom. The molecule has 5 nitrogen and oxygen atoms in total. The van der Waals surface area contributed by atoms with Crippen LogP contribution in [-0.4, -0.2) is 42.9 Å². The van der Waals surface area contributed by atoms with Crippen LogP contribution in [0.5, 0.6) is 0 Å². The molecule has 0 unspecified atom stereocenters. The quantitative estimate of drug-likeness (QED) is 0.370. The van der Waals surface area contributed by atoms with E-state index in [1.807, 2.05) is 14.1 Å². The van der Waals surface area contributed by atoms with Gasteiger partial charge in [-0.05, 0) is 28.9 Å². The number of rotatable bonds is 4. The summed E-state index contributed by atoms with van der Waals surface area (Å²) >= 11 is 3.27. The molecule has 0 saturated heterocycles. The number of esters is 1. The fourth-order valence-corrected chi connectivity index (χ4v) is 1.35. The second kappa shape index (κ2) is 6.34. The van der Waals surface area contributed by atoms with Gasteiger partial charge in [-0.15, -0.1) is 0 Å². The highest BCUT2D eigenvalue weighted by Crippen LogP contribution is 2.23. The SMILES string of the molecule is CCOC(=O)c1cnc(Br)c(N=CN(C)C)c1. The molecule has 0 amide bonds. The summed E-state index contributed by atoms with van der Waals surface area (Å²) in [6.45, 7) is 2.10. The second-order valence-corrected chi connectivity index (χ2v) is 4.21. The van der Waals surface area contributed by atoms with E-state index in [9.17, 15) is 4.79 Å². The number of hydrogen-bond donors (Lipinski definition) is 0. The van der Waals surface area contributed by atoms with Crippen LogP contribution in [0.2, 0.25) is 0 Å². The largest absolute Gasteiger partial charge is 0.462 e. The number of hydrogen-bond acceptors (Lipinski definition) is 4. The highest BCUT2D eigenvalue weighted by molar-refractivity contribution is 9.10. The third kappa shape index (κ3) is 4.14. The molecule has 0 radical (unpaired) electrons. The third-order valence-corrected chi connectivity index (χ3v) is 2.37. The zero-order valence-electron chi connectivity index (χ0n) is 9.98. The van der Waals surface area contributed by atoms with Crippen LogP contribution in [0.1, 0.15) is 17.3 Å². The number of nitrogens with zero attached hydrogens (tertiary/aromatic N) is 3. The van der Waals surface area contributed by atoms with Crippen LogP contribution in [0.3, 0.4) is 0 Å². The van der Waals surface area contributed by atoms with Crippen molar-refractivity contribution in [2.24, 2.45) is 4.99 Å². The maximum atomic E-state index is 11.5. The van der Waals surface area contributed by atoms with Gasteiger partial charge in [-0.25, -0.2) is 14.8 Å².